The minimum Gasteiger partial charge on any atom is -0.302 e. The van der Waals surface area contributed by atoms with E-state index in [2.05, 4.69) is 10.3 Å². The van der Waals surface area contributed by atoms with Crippen molar-refractivity contribution in [3.63, 3.8) is 0 Å². The normalized spacial score (nSPS) is 11.5. The molecule has 0 unspecified atom stereocenters. The molecule has 5 nitrogen and oxygen atoms in total. The largest absolute Gasteiger partial charge is 0.302 e. The molecule has 0 atom stereocenters. The van der Waals surface area contributed by atoms with Gasteiger partial charge in [-0.3, -0.25) is 4.79 Å². The molecule has 2 heterocycles. The summed E-state index contributed by atoms with van der Waals surface area (Å²) in [5.74, 6) is -0.757. The molecule has 0 bridgehead atoms. The standard InChI is InChI=1S/C16H11Cl3N2O3S3/c17-9-1-3-10(4-2-9)27(23,24)6-5-14(22)21-16-20-12(8-25-16)11-7-13(18)26-15(11)19/h1-4,7-8H,5-6H2,(H,20,21,22). The van der Waals surface area contributed by atoms with E-state index in [1.54, 1.807) is 11.4 Å². The molecule has 0 saturated heterocycles. The number of nitrogens with zero attached hydrogens (tertiary/aromatic N) is 1. The summed E-state index contributed by atoms with van der Waals surface area (Å²) in [5, 5.41) is 5.14. The molecule has 1 N–H and O–H groups in total. The molecule has 1 amide bonds. The number of thiazole rings is 1. The highest BCUT2D eigenvalue weighted by molar-refractivity contribution is 7.91. The summed E-state index contributed by atoms with van der Waals surface area (Å²) < 4.78 is 25.6. The monoisotopic (exact) mass is 480 g/mol. The fourth-order valence-electron chi connectivity index (χ4n) is 2.14. The maximum atomic E-state index is 12.3. The van der Waals surface area contributed by atoms with E-state index >= 15 is 0 Å². The lowest BCUT2D eigenvalue weighted by atomic mass is 10.3. The molecular weight excluding hydrogens is 471 g/mol. The molecule has 142 valence electrons. The quantitative estimate of drug-likeness (QED) is 0.495. The molecule has 1 aromatic carbocycles. The zero-order valence-electron chi connectivity index (χ0n) is 13.4. The van der Waals surface area contributed by atoms with E-state index in [9.17, 15) is 13.2 Å². The van der Waals surface area contributed by atoms with Crippen LogP contribution in [0.3, 0.4) is 0 Å². The molecular formula is C16H11Cl3N2O3S3. The van der Waals surface area contributed by atoms with Crippen LogP contribution in [0.15, 0.2) is 40.6 Å². The molecule has 3 rings (SSSR count). The number of rotatable bonds is 6. The van der Waals surface area contributed by atoms with Crippen LogP contribution in [0.1, 0.15) is 6.42 Å². The molecule has 0 radical (unpaired) electrons. The van der Waals surface area contributed by atoms with Crippen LogP contribution < -0.4 is 5.32 Å². The highest BCUT2D eigenvalue weighted by atomic mass is 35.5. The van der Waals surface area contributed by atoms with E-state index < -0.39 is 15.7 Å². The van der Waals surface area contributed by atoms with Crippen molar-refractivity contribution in [2.75, 3.05) is 11.1 Å². The first-order valence-electron chi connectivity index (χ1n) is 7.43. The zero-order valence-corrected chi connectivity index (χ0v) is 18.1. The minimum absolute atomic E-state index is 0.125. The molecule has 2 aromatic heterocycles. The number of hydrogen-bond donors (Lipinski definition) is 1. The Balaban J connectivity index is 1.61. The number of amides is 1. The Hall–Kier alpha value is -1.16. The number of halogens is 3. The lowest BCUT2D eigenvalue weighted by Crippen LogP contribution is -2.17. The van der Waals surface area contributed by atoms with Crippen LogP contribution in [0.5, 0.6) is 0 Å². The van der Waals surface area contributed by atoms with Crippen molar-refractivity contribution in [2.24, 2.45) is 0 Å². The summed E-state index contributed by atoms with van der Waals surface area (Å²) in [6, 6.07) is 7.52. The Morgan fingerprint density at radius 1 is 1.15 bits per heavy atom. The fraction of sp³-hybridized carbons (Fsp3) is 0.125. The van der Waals surface area contributed by atoms with Gasteiger partial charge in [0.15, 0.2) is 15.0 Å². The van der Waals surface area contributed by atoms with E-state index in [-0.39, 0.29) is 17.1 Å². The van der Waals surface area contributed by atoms with Gasteiger partial charge >= 0.3 is 0 Å². The van der Waals surface area contributed by atoms with Crippen molar-refractivity contribution < 1.29 is 13.2 Å². The van der Waals surface area contributed by atoms with Crippen LogP contribution in [0.25, 0.3) is 11.3 Å². The maximum absolute atomic E-state index is 12.3. The second-order valence-corrected chi connectivity index (χ2v) is 11.0. The van der Waals surface area contributed by atoms with Gasteiger partial charge in [-0.1, -0.05) is 34.8 Å². The number of sulfone groups is 1. The van der Waals surface area contributed by atoms with Crippen LogP contribution in [-0.2, 0) is 14.6 Å². The highest BCUT2D eigenvalue weighted by Gasteiger charge is 2.18. The van der Waals surface area contributed by atoms with Crippen LogP contribution in [0.2, 0.25) is 13.7 Å². The minimum atomic E-state index is -3.57. The smallest absolute Gasteiger partial charge is 0.227 e. The number of hydrogen-bond acceptors (Lipinski definition) is 6. The first-order valence-corrected chi connectivity index (χ1v) is 11.9. The second kappa shape index (κ2) is 8.46. The molecule has 3 aromatic rings. The Kier molecular flexibility index (Phi) is 6.45. The molecule has 0 saturated carbocycles. The van der Waals surface area contributed by atoms with Crippen molar-refractivity contribution in [1.29, 1.82) is 0 Å². The molecule has 0 aliphatic heterocycles. The SMILES string of the molecule is O=C(CCS(=O)(=O)c1ccc(Cl)cc1)Nc1nc(-c2cc(Cl)sc2Cl)cs1. The number of benzene rings is 1. The fourth-order valence-corrected chi connectivity index (χ4v) is 5.71. The topological polar surface area (TPSA) is 76.1 Å². The van der Waals surface area contributed by atoms with Gasteiger partial charge in [-0.25, -0.2) is 13.4 Å². The second-order valence-electron chi connectivity index (χ2n) is 5.35. The van der Waals surface area contributed by atoms with E-state index in [1.807, 2.05) is 0 Å². The summed E-state index contributed by atoms with van der Waals surface area (Å²) in [5.41, 5.74) is 1.28. The van der Waals surface area contributed by atoms with Gasteiger partial charge in [-0.15, -0.1) is 22.7 Å². The number of nitrogens with one attached hydrogen (secondary N) is 1. The van der Waals surface area contributed by atoms with Gasteiger partial charge in [0.25, 0.3) is 0 Å². The molecule has 0 aliphatic rings. The lowest BCUT2D eigenvalue weighted by Gasteiger charge is -2.05. The Morgan fingerprint density at radius 2 is 1.85 bits per heavy atom. The molecule has 27 heavy (non-hydrogen) atoms. The first kappa shape index (κ1) is 20.6. The van der Waals surface area contributed by atoms with Gasteiger partial charge in [-0.05, 0) is 30.3 Å². The summed E-state index contributed by atoms with van der Waals surface area (Å²) in [4.78, 5) is 16.5. The van der Waals surface area contributed by atoms with Gasteiger partial charge in [-0.2, -0.15) is 0 Å². The van der Waals surface area contributed by atoms with Crippen LogP contribution in [-0.4, -0.2) is 25.1 Å². The van der Waals surface area contributed by atoms with Crippen LogP contribution in [0, 0.1) is 0 Å². The molecule has 11 heteroatoms. The van der Waals surface area contributed by atoms with Gasteiger partial charge in [0.2, 0.25) is 5.91 Å². The average molecular weight is 482 g/mol. The van der Waals surface area contributed by atoms with Crippen molar-refractivity contribution >= 4 is 78.4 Å². The summed E-state index contributed by atoms with van der Waals surface area (Å²) in [7, 11) is -3.57. The van der Waals surface area contributed by atoms with Gasteiger partial charge < -0.3 is 5.32 Å². The summed E-state index contributed by atoms with van der Waals surface area (Å²) >= 11 is 20.2. The molecule has 0 fully saturated rings. The molecule has 0 aliphatic carbocycles. The third-order valence-corrected chi connectivity index (χ3v) is 7.68. The van der Waals surface area contributed by atoms with Crippen molar-refractivity contribution in [2.45, 2.75) is 11.3 Å². The van der Waals surface area contributed by atoms with Crippen LogP contribution >= 0.6 is 57.5 Å². The van der Waals surface area contributed by atoms with Crippen LogP contribution in [0.4, 0.5) is 5.13 Å². The summed E-state index contributed by atoms with van der Waals surface area (Å²) in [6.45, 7) is 0. The zero-order chi connectivity index (χ0) is 19.6. The van der Waals surface area contributed by atoms with E-state index in [4.69, 9.17) is 34.8 Å². The first-order chi connectivity index (χ1) is 12.7. The lowest BCUT2D eigenvalue weighted by molar-refractivity contribution is -0.115. The predicted octanol–water partition coefficient (Wildman–Crippen LogP) is 5.63. The highest BCUT2D eigenvalue weighted by Crippen LogP contribution is 2.39. The number of anilines is 1. The summed E-state index contributed by atoms with van der Waals surface area (Å²) in [6.07, 6.45) is -0.190. The van der Waals surface area contributed by atoms with E-state index in [1.165, 1.54) is 46.9 Å². The van der Waals surface area contributed by atoms with Crippen molar-refractivity contribution in [1.82, 2.24) is 4.98 Å². The Morgan fingerprint density at radius 3 is 2.48 bits per heavy atom. The van der Waals surface area contributed by atoms with Gasteiger partial charge in [0.1, 0.15) is 4.34 Å². The van der Waals surface area contributed by atoms with Crippen molar-refractivity contribution in [3.8, 4) is 11.3 Å². The number of thiophene rings is 1. The Bertz CT molecular complexity index is 1080. The third-order valence-electron chi connectivity index (χ3n) is 3.45. The van der Waals surface area contributed by atoms with E-state index in [0.29, 0.717) is 30.1 Å². The van der Waals surface area contributed by atoms with Crippen molar-refractivity contribution in [3.05, 3.63) is 49.4 Å². The van der Waals surface area contributed by atoms with Gasteiger partial charge in [0.05, 0.1) is 20.7 Å². The average Bonchev–Trinajstić information content (AvgIpc) is 3.19. The number of aromatic nitrogens is 1. The predicted molar refractivity (Wildman–Crippen MR) is 112 cm³/mol. The molecule has 0 spiro atoms. The Labute approximate surface area is 178 Å². The maximum Gasteiger partial charge on any atom is 0.227 e. The van der Waals surface area contributed by atoms with E-state index in [0.717, 1.165) is 0 Å². The number of carbonyl (C=O) groups excluding carboxylic acids is 1. The third kappa shape index (κ3) is 5.22. The van der Waals surface area contributed by atoms with Gasteiger partial charge in [0, 0.05) is 22.4 Å². The number of carbonyl (C=O) groups is 1.